The molecule has 10 heavy (non-hydrogen) atoms. The van der Waals surface area contributed by atoms with Gasteiger partial charge in [-0.3, -0.25) is 9.11 Å². The monoisotopic (exact) mass is 214 g/mol. The molecule has 0 aliphatic heterocycles. The predicted octanol–water partition coefficient (Wildman–Crippen LogP) is -1.63. The number of carbonyl (C=O) groups is 1. The van der Waals surface area contributed by atoms with E-state index >= 15 is 0 Å². The van der Waals surface area contributed by atoms with E-state index < -0.39 is 16.4 Å². The third-order valence-corrected chi connectivity index (χ3v) is 0. The average Bonchev–Trinajstić information content (AvgIpc) is 1.19. The van der Waals surface area contributed by atoms with Gasteiger partial charge >= 0.3 is 16.4 Å². The minimum Gasteiger partial charge on any atom is -0.352 e. The third-order valence-electron chi connectivity index (χ3n) is 0. The van der Waals surface area contributed by atoms with E-state index in [1.807, 2.05) is 0 Å². The molecular weight excluding hydrogens is 208 g/mol. The van der Waals surface area contributed by atoms with Crippen molar-refractivity contribution in [1.82, 2.24) is 0 Å². The van der Waals surface area contributed by atoms with Gasteiger partial charge in [0.15, 0.2) is 0 Å². The van der Waals surface area contributed by atoms with Crippen LogP contribution >= 0.6 is 0 Å². The van der Waals surface area contributed by atoms with Crippen molar-refractivity contribution >= 4 is 16.4 Å². The number of hydrogen-bond acceptors (Lipinski definition) is 3. The zero-order chi connectivity index (χ0) is 8.08. The fourth-order valence-electron chi connectivity index (χ4n) is 0. The molecule has 0 aromatic rings. The van der Waals surface area contributed by atoms with Crippen molar-refractivity contribution in [2.75, 3.05) is 0 Å². The fraction of sp³-hybridized carbons (Fsp3) is 0. The van der Waals surface area contributed by atoms with E-state index in [1.165, 1.54) is 0 Å². The fourth-order valence-corrected chi connectivity index (χ4v) is 0. The van der Waals surface area contributed by atoms with Gasteiger partial charge in [0.1, 0.15) is 0 Å². The summed E-state index contributed by atoms with van der Waals surface area (Å²) < 4.78 is 31.6. The molecule has 0 atom stereocenters. The Labute approximate surface area is 67.8 Å². The van der Waals surface area contributed by atoms with Crippen LogP contribution in [-0.4, -0.2) is 23.6 Å². The first kappa shape index (κ1) is 16.3. The quantitative estimate of drug-likeness (QED) is 0.282. The summed E-state index contributed by atoms with van der Waals surface area (Å²) in [5, 5.41) is 0. The molecule has 0 saturated heterocycles. The largest absolute Gasteiger partial charge is 0.394 e. The van der Waals surface area contributed by atoms with E-state index in [1.54, 1.807) is 0 Å². The predicted molar refractivity (Wildman–Crippen MR) is 27.9 cm³/mol. The van der Waals surface area contributed by atoms with Crippen molar-refractivity contribution in [2.24, 2.45) is 11.5 Å². The number of nitrogens with two attached hydrogens (primary N) is 2. The van der Waals surface area contributed by atoms with Crippen LogP contribution < -0.4 is 11.5 Å². The SMILES string of the molecule is NC(N)=O.O=S(=O)(O)O.[Fe]. The first-order valence-electron chi connectivity index (χ1n) is 1.48. The molecule has 0 aromatic heterocycles. The van der Waals surface area contributed by atoms with Crippen LogP contribution in [0.4, 0.5) is 4.79 Å². The minimum atomic E-state index is -4.67. The maximum Gasteiger partial charge on any atom is 0.394 e. The molecule has 0 rings (SSSR count). The maximum atomic E-state index is 9.00. The van der Waals surface area contributed by atoms with Crippen molar-refractivity contribution in [3.8, 4) is 0 Å². The second-order valence-electron chi connectivity index (χ2n) is 0.850. The molecule has 64 valence electrons. The molecule has 0 fully saturated rings. The van der Waals surface area contributed by atoms with E-state index in [4.69, 9.17) is 22.3 Å². The summed E-state index contributed by atoms with van der Waals surface area (Å²) >= 11 is 0. The molecule has 9 heteroatoms. The van der Waals surface area contributed by atoms with E-state index in [2.05, 4.69) is 11.5 Å². The first-order chi connectivity index (χ1) is 3.73. The second kappa shape index (κ2) is 6.77. The van der Waals surface area contributed by atoms with Crippen molar-refractivity contribution in [3.63, 3.8) is 0 Å². The van der Waals surface area contributed by atoms with Gasteiger partial charge in [-0.2, -0.15) is 8.42 Å². The van der Waals surface area contributed by atoms with Crippen LogP contribution in [0.25, 0.3) is 0 Å². The zero-order valence-electron chi connectivity index (χ0n) is 4.54. The van der Waals surface area contributed by atoms with Crippen LogP contribution in [0, 0.1) is 0 Å². The van der Waals surface area contributed by atoms with Crippen molar-refractivity contribution in [3.05, 3.63) is 0 Å². The zero-order valence-corrected chi connectivity index (χ0v) is 6.46. The van der Waals surface area contributed by atoms with E-state index in [0.717, 1.165) is 0 Å². The second-order valence-corrected chi connectivity index (χ2v) is 1.75. The van der Waals surface area contributed by atoms with Gasteiger partial charge in [-0.05, 0) is 0 Å². The molecule has 0 aliphatic carbocycles. The van der Waals surface area contributed by atoms with Crippen molar-refractivity contribution in [1.29, 1.82) is 0 Å². The maximum absolute atomic E-state index is 9.00. The van der Waals surface area contributed by atoms with Crippen LogP contribution in [0.3, 0.4) is 0 Å². The molecule has 7 nitrogen and oxygen atoms in total. The van der Waals surface area contributed by atoms with Gasteiger partial charge in [-0.25, -0.2) is 4.79 Å². The van der Waals surface area contributed by atoms with Crippen molar-refractivity contribution in [2.45, 2.75) is 0 Å². The topological polar surface area (TPSA) is 144 Å². The number of amides is 2. The van der Waals surface area contributed by atoms with Crippen molar-refractivity contribution < 1.29 is 39.4 Å². The molecule has 6 N–H and O–H groups in total. The molecule has 0 spiro atoms. The van der Waals surface area contributed by atoms with Gasteiger partial charge in [0.05, 0.1) is 0 Å². The molecule has 0 heterocycles. The number of urea groups is 1. The van der Waals surface area contributed by atoms with Gasteiger partial charge in [0.2, 0.25) is 0 Å². The number of primary amides is 2. The normalized spacial score (nSPS) is 8.20. The van der Waals surface area contributed by atoms with Crippen LogP contribution in [0.5, 0.6) is 0 Å². The van der Waals surface area contributed by atoms with Gasteiger partial charge in [0.25, 0.3) is 0 Å². The smallest absolute Gasteiger partial charge is 0.352 e. The van der Waals surface area contributed by atoms with Crippen LogP contribution in [0.2, 0.25) is 0 Å². The Morgan fingerprint density at radius 1 is 1.20 bits per heavy atom. The molecule has 0 unspecified atom stereocenters. The molecule has 0 radical (unpaired) electrons. The average molecular weight is 214 g/mol. The van der Waals surface area contributed by atoms with Crippen LogP contribution in [0.1, 0.15) is 0 Å². The van der Waals surface area contributed by atoms with E-state index in [0.29, 0.717) is 0 Å². The Morgan fingerprint density at radius 3 is 1.20 bits per heavy atom. The van der Waals surface area contributed by atoms with E-state index in [-0.39, 0.29) is 17.1 Å². The van der Waals surface area contributed by atoms with Crippen LogP contribution in [0.15, 0.2) is 0 Å². The number of hydrogen-bond donors (Lipinski definition) is 4. The molecule has 0 aliphatic rings. The Balaban J connectivity index is -0.0000000910. The summed E-state index contributed by atoms with van der Waals surface area (Å²) in [5.74, 6) is 0. The Bertz CT molecular complexity index is 162. The third kappa shape index (κ3) is 2930. The molecule has 0 aromatic carbocycles. The first-order valence-corrected chi connectivity index (χ1v) is 2.88. The van der Waals surface area contributed by atoms with E-state index in [9.17, 15) is 0 Å². The number of carbonyl (C=O) groups excluding carboxylic acids is 1. The summed E-state index contributed by atoms with van der Waals surface area (Å²) in [6.07, 6.45) is 0. The molecule has 0 saturated carbocycles. The van der Waals surface area contributed by atoms with Gasteiger partial charge in [-0.15, -0.1) is 0 Å². The minimum absolute atomic E-state index is 0. The van der Waals surface area contributed by atoms with Gasteiger partial charge in [-0.1, -0.05) is 0 Å². The van der Waals surface area contributed by atoms with Gasteiger partial charge < -0.3 is 11.5 Å². The summed E-state index contributed by atoms with van der Waals surface area (Å²) in [6, 6.07) is -0.833. The standard InChI is InChI=1S/CH4N2O.Fe.H2O4S/c2-1(3)4;;1-5(2,3)4/h(H4,2,3,4);;(H2,1,2,3,4). The van der Waals surface area contributed by atoms with Gasteiger partial charge in [0, 0.05) is 17.1 Å². The number of rotatable bonds is 0. The summed E-state index contributed by atoms with van der Waals surface area (Å²) in [7, 11) is -4.67. The molecular formula is CH6FeN2O5S. The Kier molecular flexibility index (Phi) is 11.1. The van der Waals surface area contributed by atoms with Crippen LogP contribution in [-0.2, 0) is 27.5 Å². The Hall–Kier alpha value is -0.341. The molecule has 2 amide bonds. The summed E-state index contributed by atoms with van der Waals surface area (Å²) in [5.41, 5.74) is 8.50. The summed E-state index contributed by atoms with van der Waals surface area (Å²) in [4.78, 5) is 9.00. The summed E-state index contributed by atoms with van der Waals surface area (Å²) in [6.45, 7) is 0. The Morgan fingerprint density at radius 2 is 1.20 bits per heavy atom. The molecule has 0 bridgehead atoms.